The number of nitrogens with one attached hydrogen (secondary N) is 1. The molecular formula is C25H29F2N3O2. The standard InChI is InChI=1S/C25H29F2N3O2/c26-19-6-4-18(5-7-19)25(32)12-2-1-3-22(25)29-15-13-24(14-16-29)23(31)28-17-30(24)21-10-8-20(27)9-11-21/h4-11,22,32H,1-3,12-17H2,(H,28,31)/t22-,25-/m1/s1. The van der Waals surface area contributed by atoms with Crippen molar-refractivity contribution in [2.45, 2.75) is 55.7 Å². The van der Waals surface area contributed by atoms with Gasteiger partial charge in [0.15, 0.2) is 0 Å². The molecule has 0 radical (unpaired) electrons. The number of benzene rings is 2. The van der Waals surface area contributed by atoms with Crippen LogP contribution in [0.2, 0.25) is 0 Å². The smallest absolute Gasteiger partial charge is 0.247 e. The van der Waals surface area contributed by atoms with Crippen LogP contribution in [0.5, 0.6) is 0 Å². The molecule has 1 amide bonds. The largest absolute Gasteiger partial charge is 0.384 e. The van der Waals surface area contributed by atoms with Gasteiger partial charge in [0.05, 0.1) is 6.67 Å². The molecule has 2 saturated heterocycles. The highest BCUT2D eigenvalue weighted by molar-refractivity contribution is 5.93. The predicted octanol–water partition coefficient (Wildman–Crippen LogP) is 3.52. The van der Waals surface area contributed by atoms with E-state index < -0.39 is 11.1 Å². The number of nitrogens with zero attached hydrogens (tertiary/aromatic N) is 2. The number of halogens is 2. The lowest BCUT2D eigenvalue weighted by Crippen LogP contribution is -2.61. The van der Waals surface area contributed by atoms with E-state index in [1.54, 1.807) is 24.3 Å². The molecule has 0 aromatic heterocycles. The Balaban J connectivity index is 1.37. The molecule has 3 aliphatic rings. The minimum atomic E-state index is -1.02. The number of amides is 1. The maximum Gasteiger partial charge on any atom is 0.247 e. The molecule has 170 valence electrons. The van der Waals surface area contributed by atoms with Crippen LogP contribution in [0.3, 0.4) is 0 Å². The van der Waals surface area contributed by atoms with Crippen LogP contribution < -0.4 is 10.2 Å². The van der Waals surface area contributed by atoms with E-state index in [2.05, 4.69) is 15.1 Å². The third kappa shape index (κ3) is 3.48. The number of rotatable bonds is 3. The molecule has 7 heteroatoms. The van der Waals surface area contributed by atoms with Gasteiger partial charge in [-0.05, 0) is 67.6 Å². The molecule has 3 fully saturated rings. The maximum atomic E-state index is 13.5. The third-order valence-electron chi connectivity index (χ3n) is 7.72. The molecule has 2 aromatic rings. The molecule has 5 rings (SSSR count). The summed E-state index contributed by atoms with van der Waals surface area (Å²) in [5.41, 5.74) is -0.0868. The average Bonchev–Trinajstić information content (AvgIpc) is 3.11. The summed E-state index contributed by atoms with van der Waals surface area (Å²) in [6, 6.07) is 12.4. The number of hydrogen-bond acceptors (Lipinski definition) is 4. The second kappa shape index (κ2) is 8.12. The highest BCUT2D eigenvalue weighted by Gasteiger charge is 2.53. The van der Waals surface area contributed by atoms with Crippen molar-refractivity contribution in [1.82, 2.24) is 10.2 Å². The van der Waals surface area contributed by atoms with E-state index in [4.69, 9.17) is 0 Å². The van der Waals surface area contributed by atoms with Gasteiger partial charge in [-0.2, -0.15) is 0 Å². The fourth-order valence-corrected chi connectivity index (χ4v) is 5.95. The number of carbonyl (C=O) groups is 1. The summed E-state index contributed by atoms with van der Waals surface area (Å²) >= 11 is 0. The Bertz CT molecular complexity index is 974. The van der Waals surface area contributed by atoms with Crippen molar-refractivity contribution in [3.63, 3.8) is 0 Å². The van der Waals surface area contributed by atoms with Crippen LogP contribution in [0.25, 0.3) is 0 Å². The van der Waals surface area contributed by atoms with Gasteiger partial charge >= 0.3 is 0 Å². The summed E-state index contributed by atoms with van der Waals surface area (Å²) in [7, 11) is 0. The quantitative estimate of drug-likeness (QED) is 0.765. The first-order valence-corrected chi connectivity index (χ1v) is 11.5. The van der Waals surface area contributed by atoms with Gasteiger partial charge in [-0.1, -0.05) is 25.0 Å². The van der Waals surface area contributed by atoms with Crippen molar-refractivity contribution in [2.24, 2.45) is 0 Å². The van der Waals surface area contributed by atoms with Crippen molar-refractivity contribution in [1.29, 1.82) is 0 Å². The third-order valence-corrected chi connectivity index (χ3v) is 7.72. The fraction of sp³-hybridized carbons (Fsp3) is 0.480. The van der Waals surface area contributed by atoms with E-state index in [-0.39, 0.29) is 23.6 Å². The van der Waals surface area contributed by atoms with Crippen LogP contribution in [0.1, 0.15) is 44.1 Å². The van der Waals surface area contributed by atoms with Gasteiger partial charge < -0.3 is 15.3 Å². The second-order valence-corrected chi connectivity index (χ2v) is 9.33. The molecule has 2 heterocycles. The highest BCUT2D eigenvalue weighted by Crippen LogP contribution is 2.43. The van der Waals surface area contributed by atoms with Crippen LogP contribution >= 0.6 is 0 Å². The second-order valence-electron chi connectivity index (χ2n) is 9.33. The zero-order chi connectivity index (χ0) is 22.3. The van der Waals surface area contributed by atoms with E-state index in [0.29, 0.717) is 39.0 Å². The molecule has 1 spiro atoms. The fourth-order valence-electron chi connectivity index (χ4n) is 5.95. The zero-order valence-electron chi connectivity index (χ0n) is 18.1. The van der Waals surface area contributed by atoms with E-state index in [9.17, 15) is 18.7 Å². The Hall–Kier alpha value is -2.51. The first-order valence-electron chi connectivity index (χ1n) is 11.5. The lowest BCUT2D eigenvalue weighted by molar-refractivity contribution is -0.127. The van der Waals surface area contributed by atoms with Crippen molar-refractivity contribution < 1.29 is 18.7 Å². The maximum absolute atomic E-state index is 13.5. The predicted molar refractivity (Wildman–Crippen MR) is 118 cm³/mol. The molecule has 5 nitrogen and oxygen atoms in total. The zero-order valence-corrected chi connectivity index (χ0v) is 18.1. The molecule has 1 aliphatic carbocycles. The van der Waals surface area contributed by atoms with Crippen LogP contribution in [-0.4, -0.2) is 47.3 Å². The lowest BCUT2D eigenvalue weighted by Gasteiger charge is -2.51. The minimum Gasteiger partial charge on any atom is -0.384 e. The van der Waals surface area contributed by atoms with Crippen molar-refractivity contribution in [3.8, 4) is 0 Å². The first-order chi connectivity index (χ1) is 15.4. The van der Waals surface area contributed by atoms with Crippen LogP contribution in [0.15, 0.2) is 48.5 Å². The van der Waals surface area contributed by atoms with Gasteiger partial charge in [-0.25, -0.2) is 8.78 Å². The van der Waals surface area contributed by atoms with Crippen molar-refractivity contribution in [3.05, 3.63) is 65.7 Å². The average molecular weight is 442 g/mol. The van der Waals surface area contributed by atoms with Crippen LogP contribution in [0, 0.1) is 11.6 Å². The summed E-state index contributed by atoms with van der Waals surface area (Å²) in [5, 5.41) is 14.7. The molecule has 32 heavy (non-hydrogen) atoms. The first kappa shape index (κ1) is 21.3. The van der Waals surface area contributed by atoms with Gasteiger partial charge in [0, 0.05) is 24.8 Å². The monoisotopic (exact) mass is 441 g/mol. The number of carbonyl (C=O) groups excluding carboxylic acids is 1. The minimum absolute atomic E-state index is 0.0129. The Morgan fingerprint density at radius 2 is 1.53 bits per heavy atom. The Kier molecular flexibility index (Phi) is 5.42. The molecule has 0 unspecified atom stereocenters. The van der Waals surface area contributed by atoms with Gasteiger partial charge in [0.1, 0.15) is 22.8 Å². The number of likely N-dealkylation sites (tertiary alicyclic amines) is 1. The van der Waals surface area contributed by atoms with Gasteiger partial charge in [0.2, 0.25) is 5.91 Å². The highest BCUT2D eigenvalue weighted by atomic mass is 19.1. The topological polar surface area (TPSA) is 55.8 Å². The summed E-state index contributed by atoms with van der Waals surface area (Å²) in [5.74, 6) is -0.592. The van der Waals surface area contributed by atoms with E-state index >= 15 is 0 Å². The van der Waals surface area contributed by atoms with Gasteiger partial charge in [0.25, 0.3) is 0 Å². The van der Waals surface area contributed by atoms with Gasteiger partial charge in [-0.3, -0.25) is 9.69 Å². The summed E-state index contributed by atoms with van der Waals surface area (Å²) in [6.45, 7) is 1.77. The normalized spacial score (nSPS) is 28.2. The number of aliphatic hydroxyl groups is 1. The Morgan fingerprint density at radius 1 is 0.906 bits per heavy atom. The van der Waals surface area contributed by atoms with Crippen LogP contribution in [0.4, 0.5) is 14.5 Å². The van der Waals surface area contributed by atoms with Gasteiger partial charge in [-0.15, -0.1) is 0 Å². The van der Waals surface area contributed by atoms with Crippen LogP contribution in [-0.2, 0) is 10.4 Å². The Labute approximate surface area is 187 Å². The van der Waals surface area contributed by atoms with E-state index in [1.807, 2.05) is 0 Å². The van der Waals surface area contributed by atoms with E-state index in [0.717, 1.165) is 30.5 Å². The van der Waals surface area contributed by atoms with E-state index in [1.165, 1.54) is 24.3 Å². The lowest BCUT2D eigenvalue weighted by atomic mass is 9.73. The SMILES string of the molecule is O=C1NCN(c2ccc(F)cc2)C12CCN([C@@H]1CCCC[C@@]1(O)c1ccc(F)cc1)CC2. The van der Waals surface area contributed by atoms with Crippen molar-refractivity contribution in [2.75, 3.05) is 24.7 Å². The summed E-state index contributed by atoms with van der Waals surface area (Å²) in [6.07, 6.45) is 4.75. The molecule has 2 atom stereocenters. The molecular weight excluding hydrogens is 412 g/mol. The molecule has 2 N–H and O–H groups in total. The number of piperidine rings is 1. The Morgan fingerprint density at radius 3 is 2.19 bits per heavy atom. The molecule has 2 aliphatic heterocycles. The van der Waals surface area contributed by atoms with Crippen molar-refractivity contribution >= 4 is 11.6 Å². The summed E-state index contributed by atoms with van der Waals surface area (Å²) in [4.78, 5) is 17.3. The molecule has 1 saturated carbocycles. The molecule has 0 bridgehead atoms. The molecule has 2 aromatic carbocycles. The summed E-state index contributed by atoms with van der Waals surface area (Å²) < 4.78 is 26.9. The number of anilines is 1. The number of hydrogen-bond donors (Lipinski definition) is 2.